The zero-order valence-electron chi connectivity index (χ0n) is 10.1. The fourth-order valence-electron chi connectivity index (χ4n) is 1.73. The number of halogens is 1. The summed E-state index contributed by atoms with van der Waals surface area (Å²) in [6.07, 6.45) is 0. The number of nitrogens with two attached hydrogens (primary N) is 1. The number of rotatable bonds is 3. The van der Waals surface area contributed by atoms with Gasteiger partial charge in [0.05, 0.1) is 7.11 Å². The molecule has 2 nitrogen and oxygen atoms in total. The van der Waals surface area contributed by atoms with E-state index in [1.807, 2.05) is 48.5 Å². The lowest BCUT2D eigenvalue weighted by Crippen LogP contribution is -2.30. The average molecular weight is 324 g/mol. The molecule has 0 amide bonds. The molecule has 4 heteroatoms. The molecule has 0 saturated carbocycles. The van der Waals surface area contributed by atoms with Crippen molar-refractivity contribution in [1.82, 2.24) is 0 Å². The minimum Gasteiger partial charge on any atom is -0.497 e. The number of hydrogen-bond acceptors (Lipinski definition) is 2. The minimum atomic E-state index is -0.683. The van der Waals surface area contributed by atoms with E-state index < -0.39 is 4.45 Å². The monoisotopic (exact) mass is 323 g/mol. The Morgan fingerprint density at radius 1 is 1.00 bits per heavy atom. The Morgan fingerprint density at radius 2 is 1.44 bits per heavy atom. The van der Waals surface area contributed by atoms with Crippen molar-refractivity contribution < 1.29 is 4.74 Å². The summed E-state index contributed by atoms with van der Waals surface area (Å²) < 4.78 is 4.46. The molecule has 0 saturated heterocycles. The zero-order valence-corrected chi connectivity index (χ0v) is 12.8. The van der Waals surface area contributed by atoms with Crippen molar-refractivity contribution in [2.24, 2.45) is 5.73 Å². The molecule has 0 aliphatic carbocycles. The van der Waals surface area contributed by atoms with Crippen LogP contribution in [0.15, 0.2) is 48.5 Å². The molecular weight excluding hydrogens is 309 g/mol. The van der Waals surface area contributed by atoms with Crippen LogP contribution in [0.1, 0.15) is 11.1 Å². The third kappa shape index (κ3) is 2.74. The first-order chi connectivity index (χ1) is 8.54. The fraction of sp³-hybridized carbons (Fsp3) is 0.143. The Morgan fingerprint density at radius 3 is 1.89 bits per heavy atom. The van der Waals surface area contributed by atoms with Gasteiger partial charge in [-0.15, -0.1) is 9.24 Å². The topological polar surface area (TPSA) is 35.2 Å². The summed E-state index contributed by atoms with van der Waals surface area (Å²) >= 11 is 3.60. The molecule has 0 aliphatic heterocycles. The molecule has 0 bridgehead atoms. The number of ether oxygens (including phenoxy) is 1. The molecule has 2 N–H and O–H groups in total. The van der Waals surface area contributed by atoms with Gasteiger partial charge >= 0.3 is 0 Å². The van der Waals surface area contributed by atoms with E-state index in [2.05, 4.69) is 25.2 Å². The summed E-state index contributed by atoms with van der Waals surface area (Å²) in [5.41, 5.74) is 8.37. The second-order valence-corrected chi connectivity index (χ2v) is 5.98. The van der Waals surface area contributed by atoms with E-state index in [4.69, 9.17) is 10.5 Å². The van der Waals surface area contributed by atoms with Crippen molar-refractivity contribution >= 4 is 30.5 Å². The SMILES string of the molecule is COc1ccc(C(N)(Br)c2ccc(P)cc2)cc1. The van der Waals surface area contributed by atoms with Crippen molar-refractivity contribution in [3.8, 4) is 5.75 Å². The lowest BCUT2D eigenvalue weighted by molar-refractivity contribution is 0.414. The highest BCUT2D eigenvalue weighted by Crippen LogP contribution is 2.33. The summed E-state index contributed by atoms with van der Waals surface area (Å²) in [6, 6.07) is 15.8. The standard InChI is InChI=1S/C14H15BrNOP/c1-17-12-6-2-10(3-7-12)14(15,16)11-4-8-13(18)9-5-11/h2-9H,16,18H2,1H3. The second-order valence-electron chi connectivity index (χ2n) is 4.06. The third-order valence-corrected chi connectivity index (χ3v) is 4.14. The number of benzene rings is 2. The summed E-state index contributed by atoms with van der Waals surface area (Å²) in [4.78, 5) is 0. The largest absolute Gasteiger partial charge is 0.497 e. The maximum absolute atomic E-state index is 6.37. The lowest BCUT2D eigenvalue weighted by atomic mass is 9.99. The van der Waals surface area contributed by atoms with E-state index in [0.717, 1.165) is 22.2 Å². The van der Waals surface area contributed by atoms with Crippen molar-refractivity contribution in [1.29, 1.82) is 0 Å². The average Bonchev–Trinajstić information content (AvgIpc) is 2.39. The van der Waals surface area contributed by atoms with Gasteiger partial charge in [0.1, 0.15) is 10.2 Å². The molecular formula is C14H15BrNOP. The lowest BCUT2D eigenvalue weighted by Gasteiger charge is -2.24. The highest BCUT2D eigenvalue weighted by atomic mass is 79.9. The second kappa shape index (κ2) is 5.40. The molecule has 0 radical (unpaired) electrons. The van der Waals surface area contributed by atoms with Gasteiger partial charge in [0.25, 0.3) is 0 Å². The summed E-state index contributed by atoms with van der Waals surface area (Å²) in [5, 5.41) is 1.14. The molecule has 94 valence electrons. The molecule has 2 aromatic rings. The zero-order chi connectivity index (χ0) is 13.2. The highest BCUT2D eigenvalue weighted by Gasteiger charge is 2.25. The van der Waals surface area contributed by atoms with Crippen LogP contribution in [0, 0.1) is 0 Å². The van der Waals surface area contributed by atoms with Crippen LogP contribution in [0.4, 0.5) is 0 Å². The van der Waals surface area contributed by atoms with E-state index in [-0.39, 0.29) is 0 Å². The Hall–Kier alpha value is -0.890. The van der Waals surface area contributed by atoms with Crippen LogP contribution in [-0.4, -0.2) is 7.11 Å². The molecule has 18 heavy (non-hydrogen) atoms. The predicted octanol–water partition coefficient (Wildman–Crippen LogP) is 2.75. The molecule has 0 spiro atoms. The van der Waals surface area contributed by atoms with Gasteiger partial charge in [0.2, 0.25) is 0 Å². The van der Waals surface area contributed by atoms with Gasteiger partial charge in [-0.1, -0.05) is 52.3 Å². The van der Waals surface area contributed by atoms with Crippen LogP contribution in [0.2, 0.25) is 0 Å². The molecule has 0 fully saturated rings. The number of alkyl halides is 1. The van der Waals surface area contributed by atoms with Gasteiger partial charge in [-0.2, -0.15) is 0 Å². The minimum absolute atomic E-state index is 0.683. The first-order valence-corrected chi connectivity index (χ1v) is 6.89. The van der Waals surface area contributed by atoms with Crippen LogP contribution in [0.25, 0.3) is 0 Å². The molecule has 0 heterocycles. The van der Waals surface area contributed by atoms with Crippen LogP contribution in [0.5, 0.6) is 5.75 Å². The van der Waals surface area contributed by atoms with Gasteiger partial charge < -0.3 is 10.5 Å². The molecule has 0 aromatic heterocycles. The van der Waals surface area contributed by atoms with Crippen molar-refractivity contribution in [3.63, 3.8) is 0 Å². The smallest absolute Gasteiger partial charge is 0.123 e. The van der Waals surface area contributed by atoms with Crippen LogP contribution in [-0.2, 0) is 4.45 Å². The van der Waals surface area contributed by atoms with Gasteiger partial charge in [0, 0.05) is 0 Å². The van der Waals surface area contributed by atoms with E-state index in [1.54, 1.807) is 7.11 Å². The maximum atomic E-state index is 6.37. The van der Waals surface area contributed by atoms with Crippen molar-refractivity contribution in [2.75, 3.05) is 7.11 Å². The van der Waals surface area contributed by atoms with Crippen LogP contribution < -0.4 is 15.8 Å². The molecule has 2 unspecified atom stereocenters. The normalized spacial score (nSPS) is 14.0. The fourth-order valence-corrected chi connectivity index (χ4v) is 2.45. The van der Waals surface area contributed by atoms with Gasteiger partial charge in [0.15, 0.2) is 0 Å². The van der Waals surface area contributed by atoms with Gasteiger partial charge in [-0.05, 0) is 28.6 Å². The number of methoxy groups -OCH3 is 1. The van der Waals surface area contributed by atoms with Crippen molar-refractivity contribution in [3.05, 3.63) is 59.7 Å². The Labute approximate surface area is 118 Å². The predicted molar refractivity (Wildman–Crippen MR) is 82.7 cm³/mol. The van der Waals surface area contributed by atoms with Crippen LogP contribution >= 0.6 is 25.2 Å². The quantitative estimate of drug-likeness (QED) is 0.535. The first kappa shape index (κ1) is 13.5. The van der Waals surface area contributed by atoms with E-state index in [9.17, 15) is 0 Å². The Bertz CT molecular complexity index is 522. The van der Waals surface area contributed by atoms with Gasteiger partial charge in [-0.3, -0.25) is 0 Å². The molecule has 2 atom stereocenters. The third-order valence-electron chi connectivity index (χ3n) is 2.84. The summed E-state index contributed by atoms with van der Waals surface area (Å²) in [7, 11) is 4.31. The summed E-state index contributed by atoms with van der Waals surface area (Å²) in [6.45, 7) is 0. The Kier molecular flexibility index (Phi) is 4.06. The first-order valence-electron chi connectivity index (χ1n) is 5.52. The molecule has 2 rings (SSSR count). The Balaban J connectivity index is 2.37. The summed E-state index contributed by atoms with van der Waals surface area (Å²) in [5.74, 6) is 0.822. The van der Waals surface area contributed by atoms with E-state index >= 15 is 0 Å². The van der Waals surface area contributed by atoms with Crippen molar-refractivity contribution in [2.45, 2.75) is 4.45 Å². The van der Waals surface area contributed by atoms with Gasteiger partial charge in [-0.25, -0.2) is 0 Å². The number of hydrogen-bond donors (Lipinski definition) is 1. The van der Waals surface area contributed by atoms with E-state index in [1.165, 1.54) is 0 Å². The molecule has 2 aromatic carbocycles. The highest BCUT2D eigenvalue weighted by molar-refractivity contribution is 9.09. The molecule has 0 aliphatic rings. The van der Waals surface area contributed by atoms with Crippen LogP contribution in [0.3, 0.4) is 0 Å². The van der Waals surface area contributed by atoms with E-state index in [0.29, 0.717) is 0 Å². The maximum Gasteiger partial charge on any atom is 0.123 e.